The first-order chi connectivity index (χ1) is 15.4. The molecule has 2 fully saturated rings. The number of nitrogens with one attached hydrogen (secondary N) is 3. The van der Waals surface area contributed by atoms with Crippen molar-refractivity contribution in [1.29, 1.82) is 5.41 Å². The van der Waals surface area contributed by atoms with Crippen LogP contribution in [-0.2, 0) is 14.8 Å². The zero-order valence-corrected chi connectivity index (χ0v) is 18.8. The molecule has 0 bridgehead atoms. The van der Waals surface area contributed by atoms with E-state index >= 15 is 0 Å². The van der Waals surface area contributed by atoms with E-state index in [9.17, 15) is 13.2 Å². The predicted molar refractivity (Wildman–Crippen MR) is 124 cm³/mol. The summed E-state index contributed by atoms with van der Waals surface area (Å²) in [5, 5.41) is 11.4. The second-order valence-electron chi connectivity index (χ2n) is 8.42. The topological polar surface area (TPSA) is 108 Å². The Morgan fingerprint density at radius 2 is 1.72 bits per heavy atom. The van der Waals surface area contributed by atoms with Crippen LogP contribution in [0.1, 0.15) is 54.4 Å². The summed E-state index contributed by atoms with van der Waals surface area (Å²) in [4.78, 5) is 12.4. The van der Waals surface area contributed by atoms with Crippen molar-refractivity contribution in [3.05, 3.63) is 59.7 Å². The third-order valence-electron chi connectivity index (χ3n) is 6.17. The number of sulfonamides is 1. The molecule has 1 saturated carbocycles. The van der Waals surface area contributed by atoms with Crippen LogP contribution in [-0.4, -0.2) is 39.3 Å². The molecular formula is C24H29N3O4S. The first-order valence-electron chi connectivity index (χ1n) is 11.1. The van der Waals surface area contributed by atoms with Gasteiger partial charge in [-0.1, -0.05) is 31.0 Å². The molecule has 170 valence electrons. The second-order valence-corrected chi connectivity index (χ2v) is 10.1. The Kier molecular flexibility index (Phi) is 6.91. The van der Waals surface area contributed by atoms with Crippen LogP contribution in [0.25, 0.3) is 0 Å². The number of hydrogen-bond acceptors (Lipinski definition) is 5. The molecule has 1 atom stereocenters. The number of hydrogen-bond donors (Lipinski definition) is 3. The van der Waals surface area contributed by atoms with E-state index in [0.29, 0.717) is 29.1 Å². The lowest BCUT2D eigenvalue weighted by Crippen LogP contribution is -2.31. The maximum atomic E-state index is 13.0. The molecule has 32 heavy (non-hydrogen) atoms. The fraction of sp³-hybridized carbons (Fsp3) is 0.417. The highest BCUT2D eigenvalue weighted by atomic mass is 32.2. The van der Waals surface area contributed by atoms with Crippen LogP contribution in [0, 0.1) is 11.3 Å². The van der Waals surface area contributed by atoms with E-state index in [1.165, 1.54) is 24.3 Å². The summed E-state index contributed by atoms with van der Waals surface area (Å²) in [5.74, 6) is -0.0825. The molecule has 4 rings (SSSR count). The first kappa shape index (κ1) is 22.5. The van der Waals surface area contributed by atoms with Crippen molar-refractivity contribution in [2.45, 2.75) is 49.5 Å². The van der Waals surface area contributed by atoms with Crippen LogP contribution in [0.4, 0.5) is 5.69 Å². The number of ether oxygens (including phenoxy) is 1. The van der Waals surface area contributed by atoms with Gasteiger partial charge < -0.3 is 15.5 Å². The molecule has 0 radical (unpaired) electrons. The van der Waals surface area contributed by atoms with E-state index in [2.05, 4.69) is 10.0 Å². The molecule has 3 N–H and O–H groups in total. The smallest absolute Gasteiger partial charge is 0.261 e. The fourth-order valence-corrected chi connectivity index (χ4v) is 5.42. The maximum absolute atomic E-state index is 13.0. The highest BCUT2D eigenvalue weighted by Gasteiger charge is 2.24. The number of amides is 1. The van der Waals surface area contributed by atoms with Gasteiger partial charge in [-0.25, -0.2) is 8.42 Å². The van der Waals surface area contributed by atoms with Crippen LogP contribution in [0.2, 0.25) is 0 Å². The van der Waals surface area contributed by atoms with Crippen molar-refractivity contribution in [1.82, 2.24) is 5.32 Å². The van der Waals surface area contributed by atoms with Crippen LogP contribution < -0.4 is 10.0 Å². The summed E-state index contributed by atoms with van der Waals surface area (Å²) in [5.41, 5.74) is 1.90. The molecule has 1 aliphatic carbocycles. The molecule has 2 aliphatic rings. The van der Waals surface area contributed by atoms with E-state index in [1.807, 2.05) is 6.07 Å². The predicted octanol–water partition coefficient (Wildman–Crippen LogP) is 3.95. The van der Waals surface area contributed by atoms with Gasteiger partial charge in [0.05, 0.1) is 16.7 Å². The van der Waals surface area contributed by atoms with Gasteiger partial charge in [-0.3, -0.25) is 9.52 Å². The second kappa shape index (κ2) is 9.83. The average molecular weight is 456 g/mol. The summed E-state index contributed by atoms with van der Waals surface area (Å²) in [7, 11) is -3.86. The van der Waals surface area contributed by atoms with Gasteiger partial charge in [-0.05, 0) is 56.0 Å². The number of anilines is 1. The minimum Gasteiger partial charge on any atom is -0.376 e. The fourth-order valence-electron chi connectivity index (χ4n) is 4.34. The highest BCUT2D eigenvalue weighted by molar-refractivity contribution is 7.92. The minimum atomic E-state index is -3.86. The summed E-state index contributed by atoms with van der Waals surface area (Å²) >= 11 is 0. The lowest BCUT2D eigenvalue weighted by Gasteiger charge is -2.17. The van der Waals surface area contributed by atoms with Crippen LogP contribution >= 0.6 is 0 Å². The van der Waals surface area contributed by atoms with Gasteiger partial charge >= 0.3 is 0 Å². The quantitative estimate of drug-likeness (QED) is 0.524. The SMILES string of the molecule is N=C(c1ccccc1NS(=O)(=O)c1ccc(C(=O)NC[C@@H]2CCCO2)cc1)C1CCCC1. The molecule has 1 heterocycles. The average Bonchev–Trinajstić information content (AvgIpc) is 3.52. The number of carbonyl (C=O) groups is 1. The Bertz CT molecular complexity index is 1070. The standard InChI is InChI=1S/C24H29N3O4S/c25-23(17-6-1-2-7-17)21-9-3-4-10-22(21)27-32(29,30)20-13-11-18(12-14-20)24(28)26-16-19-8-5-15-31-19/h3-4,9-14,17,19,25,27H,1-2,5-8,15-16H2,(H,26,28)/t19-/m0/s1. The van der Waals surface area contributed by atoms with E-state index in [0.717, 1.165) is 45.1 Å². The lowest BCUT2D eigenvalue weighted by molar-refractivity contribution is 0.0857. The number of rotatable bonds is 8. The molecule has 8 heteroatoms. The van der Waals surface area contributed by atoms with Gasteiger partial charge in [0, 0.05) is 35.9 Å². The number of benzene rings is 2. The molecule has 1 aliphatic heterocycles. The van der Waals surface area contributed by atoms with Gasteiger partial charge in [0.2, 0.25) is 0 Å². The Balaban J connectivity index is 1.45. The monoisotopic (exact) mass is 455 g/mol. The number of para-hydroxylation sites is 1. The Morgan fingerprint density at radius 1 is 1.00 bits per heavy atom. The third kappa shape index (κ3) is 5.19. The van der Waals surface area contributed by atoms with Gasteiger partial charge in [-0.2, -0.15) is 0 Å². The minimum absolute atomic E-state index is 0.0471. The summed E-state index contributed by atoms with van der Waals surface area (Å²) in [6, 6.07) is 12.9. The molecule has 0 aromatic heterocycles. The van der Waals surface area contributed by atoms with Crippen molar-refractivity contribution in [2.24, 2.45) is 5.92 Å². The molecular weight excluding hydrogens is 426 g/mol. The molecule has 0 spiro atoms. The normalized spacial score (nSPS) is 19.1. The van der Waals surface area contributed by atoms with Crippen molar-refractivity contribution in [2.75, 3.05) is 17.9 Å². The van der Waals surface area contributed by atoms with Crippen LogP contribution in [0.3, 0.4) is 0 Å². The summed E-state index contributed by atoms with van der Waals surface area (Å²) < 4.78 is 34.1. The van der Waals surface area contributed by atoms with Gasteiger partial charge in [0.15, 0.2) is 0 Å². The van der Waals surface area contributed by atoms with E-state index in [-0.39, 0.29) is 22.8 Å². The van der Waals surface area contributed by atoms with E-state index in [1.54, 1.807) is 18.2 Å². The van der Waals surface area contributed by atoms with Gasteiger partial charge in [-0.15, -0.1) is 0 Å². The Morgan fingerprint density at radius 3 is 2.41 bits per heavy atom. The van der Waals surface area contributed by atoms with Crippen molar-refractivity contribution in [3.63, 3.8) is 0 Å². The van der Waals surface area contributed by atoms with Crippen molar-refractivity contribution >= 4 is 27.3 Å². The van der Waals surface area contributed by atoms with Gasteiger partial charge in [0.25, 0.3) is 15.9 Å². The van der Waals surface area contributed by atoms with E-state index < -0.39 is 10.0 Å². The summed E-state index contributed by atoms with van der Waals surface area (Å²) in [6.45, 7) is 1.17. The zero-order chi connectivity index (χ0) is 22.6. The molecule has 1 saturated heterocycles. The molecule has 2 aromatic carbocycles. The van der Waals surface area contributed by atoms with Crippen LogP contribution in [0.15, 0.2) is 53.4 Å². The molecule has 0 unspecified atom stereocenters. The zero-order valence-electron chi connectivity index (χ0n) is 18.0. The number of carbonyl (C=O) groups excluding carboxylic acids is 1. The summed E-state index contributed by atoms with van der Waals surface area (Å²) in [6.07, 6.45) is 6.13. The Hall–Kier alpha value is -2.71. The third-order valence-corrected chi connectivity index (χ3v) is 7.55. The first-order valence-corrected chi connectivity index (χ1v) is 12.6. The largest absolute Gasteiger partial charge is 0.376 e. The lowest BCUT2D eigenvalue weighted by atomic mass is 9.94. The van der Waals surface area contributed by atoms with Crippen molar-refractivity contribution in [3.8, 4) is 0 Å². The Labute approximate surface area is 189 Å². The van der Waals surface area contributed by atoms with Gasteiger partial charge in [0.1, 0.15) is 0 Å². The highest BCUT2D eigenvalue weighted by Crippen LogP contribution is 2.31. The molecule has 2 aromatic rings. The maximum Gasteiger partial charge on any atom is 0.261 e. The van der Waals surface area contributed by atoms with Crippen molar-refractivity contribution < 1.29 is 17.9 Å². The van der Waals surface area contributed by atoms with Crippen LogP contribution in [0.5, 0.6) is 0 Å². The van der Waals surface area contributed by atoms with E-state index in [4.69, 9.17) is 10.1 Å². The molecule has 7 nitrogen and oxygen atoms in total. The molecule has 1 amide bonds.